The molecule has 0 saturated heterocycles. The number of carbonyl (C=O) groups is 1. The Bertz CT molecular complexity index is 1160. The van der Waals surface area contributed by atoms with Crippen molar-refractivity contribution in [1.82, 2.24) is 28.9 Å². The van der Waals surface area contributed by atoms with Gasteiger partial charge in [0.05, 0.1) is 30.7 Å². The Morgan fingerprint density at radius 2 is 2.00 bits per heavy atom. The third-order valence-electron chi connectivity index (χ3n) is 5.26. The number of aryl methyl sites for hydroxylation is 1. The van der Waals surface area contributed by atoms with Gasteiger partial charge in [0.1, 0.15) is 17.3 Å². The zero-order valence-corrected chi connectivity index (χ0v) is 15.4. The topological polar surface area (TPSA) is 80.6 Å². The lowest BCUT2D eigenvalue weighted by atomic mass is 10.1. The van der Waals surface area contributed by atoms with Crippen molar-refractivity contribution < 1.29 is 9.90 Å². The number of carbonyl (C=O) groups excluding carboxylic acids is 1. The third kappa shape index (κ3) is 2.61. The maximum absolute atomic E-state index is 13.1. The molecule has 5 rings (SSSR count). The second-order valence-corrected chi connectivity index (χ2v) is 7.06. The zero-order valence-electron chi connectivity index (χ0n) is 15.4. The van der Waals surface area contributed by atoms with Crippen LogP contribution in [0, 0.1) is 0 Å². The summed E-state index contributed by atoms with van der Waals surface area (Å²) in [4.78, 5) is 14.9. The van der Waals surface area contributed by atoms with Gasteiger partial charge in [0, 0.05) is 26.0 Å². The van der Waals surface area contributed by atoms with Crippen LogP contribution in [0.4, 0.5) is 0 Å². The van der Waals surface area contributed by atoms with Gasteiger partial charge in [-0.2, -0.15) is 10.2 Å². The molecular weight excluding hydrogens is 356 g/mol. The SMILES string of the molecule is Cn1ccn2ncc(C(=O)N3CCn4nc(C(O)c5ccccc5)cc4C3)c12. The van der Waals surface area contributed by atoms with Gasteiger partial charge in [-0.05, 0) is 11.6 Å². The normalized spacial score (nSPS) is 15.0. The van der Waals surface area contributed by atoms with Gasteiger partial charge < -0.3 is 14.6 Å². The highest BCUT2D eigenvalue weighted by atomic mass is 16.3. The number of hydrogen-bond acceptors (Lipinski definition) is 4. The maximum atomic E-state index is 13.1. The summed E-state index contributed by atoms with van der Waals surface area (Å²) < 4.78 is 5.47. The lowest BCUT2D eigenvalue weighted by Gasteiger charge is -2.27. The van der Waals surface area contributed by atoms with E-state index in [0.717, 1.165) is 16.9 Å². The standard InChI is InChI=1S/C20H20N6O2/c1-23-7-9-26-19(23)16(12-21-26)20(28)24-8-10-25-15(13-24)11-17(22-25)18(27)14-5-3-2-4-6-14/h2-7,9,11-12,18,27H,8,10,13H2,1H3. The van der Waals surface area contributed by atoms with Crippen LogP contribution in [0.5, 0.6) is 0 Å². The van der Waals surface area contributed by atoms with Gasteiger partial charge in [-0.1, -0.05) is 30.3 Å². The number of aliphatic hydroxyl groups excluding tert-OH is 1. The summed E-state index contributed by atoms with van der Waals surface area (Å²) >= 11 is 0. The van der Waals surface area contributed by atoms with E-state index in [1.165, 1.54) is 0 Å². The first-order chi connectivity index (χ1) is 13.6. The van der Waals surface area contributed by atoms with Gasteiger partial charge >= 0.3 is 0 Å². The van der Waals surface area contributed by atoms with E-state index in [9.17, 15) is 9.90 Å². The van der Waals surface area contributed by atoms with E-state index < -0.39 is 6.10 Å². The Morgan fingerprint density at radius 3 is 2.82 bits per heavy atom. The lowest BCUT2D eigenvalue weighted by Crippen LogP contribution is -2.38. The van der Waals surface area contributed by atoms with Crippen molar-refractivity contribution in [2.24, 2.45) is 7.05 Å². The second-order valence-electron chi connectivity index (χ2n) is 7.06. The molecule has 0 aliphatic carbocycles. The monoisotopic (exact) mass is 376 g/mol. The molecule has 3 aromatic heterocycles. The fourth-order valence-electron chi connectivity index (χ4n) is 3.77. The van der Waals surface area contributed by atoms with Gasteiger partial charge in [-0.25, -0.2) is 4.52 Å². The van der Waals surface area contributed by atoms with Crippen molar-refractivity contribution in [2.75, 3.05) is 6.54 Å². The molecule has 8 nitrogen and oxygen atoms in total. The molecular formula is C20H20N6O2. The fourth-order valence-corrected chi connectivity index (χ4v) is 3.77. The maximum Gasteiger partial charge on any atom is 0.259 e. The molecule has 28 heavy (non-hydrogen) atoms. The number of aromatic nitrogens is 5. The van der Waals surface area contributed by atoms with Crippen LogP contribution in [0.3, 0.4) is 0 Å². The largest absolute Gasteiger partial charge is 0.382 e. The average Bonchev–Trinajstić information content (AvgIpc) is 3.43. The van der Waals surface area contributed by atoms with E-state index in [2.05, 4.69) is 10.2 Å². The number of aliphatic hydroxyl groups is 1. The van der Waals surface area contributed by atoms with Crippen LogP contribution in [0.15, 0.2) is 55.0 Å². The second kappa shape index (κ2) is 6.35. The van der Waals surface area contributed by atoms with Crippen molar-refractivity contribution in [3.63, 3.8) is 0 Å². The highest BCUT2D eigenvalue weighted by molar-refractivity contribution is 5.99. The Balaban J connectivity index is 1.40. The number of benzene rings is 1. The summed E-state index contributed by atoms with van der Waals surface area (Å²) in [7, 11) is 1.90. The molecule has 0 radical (unpaired) electrons. The Labute approximate surface area is 161 Å². The summed E-state index contributed by atoms with van der Waals surface area (Å²) in [5, 5.41) is 19.4. The van der Waals surface area contributed by atoms with E-state index in [-0.39, 0.29) is 5.91 Å². The molecule has 1 atom stereocenters. The van der Waals surface area contributed by atoms with Crippen LogP contribution in [0.25, 0.3) is 5.65 Å². The first kappa shape index (κ1) is 16.8. The quantitative estimate of drug-likeness (QED) is 0.589. The number of nitrogens with zero attached hydrogens (tertiary/aromatic N) is 6. The van der Waals surface area contributed by atoms with Gasteiger partial charge in [0.25, 0.3) is 5.91 Å². The number of imidazole rings is 1. The number of rotatable bonds is 3. The molecule has 1 aliphatic heterocycles. The Hall–Kier alpha value is -3.39. The van der Waals surface area contributed by atoms with Gasteiger partial charge in [-0.3, -0.25) is 9.48 Å². The highest BCUT2D eigenvalue weighted by Gasteiger charge is 2.27. The average molecular weight is 376 g/mol. The minimum atomic E-state index is -0.776. The minimum absolute atomic E-state index is 0.0468. The van der Waals surface area contributed by atoms with E-state index in [1.807, 2.05) is 65.1 Å². The zero-order chi connectivity index (χ0) is 19.3. The molecule has 1 aliphatic rings. The molecule has 1 N–H and O–H groups in total. The van der Waals surface area contributed by atoms with Crippen LogP contribution in [-0.2, 0) is 20.1 Å². The molecule has 0 spiro atoms. The van der Waals surface area contributed by atoms with Crippen molar-refractivity contribution in [3.05, 3.63) is 77.5 Å². The van der Waals surface area contributed by atoms with Crippen molar-refractivity contribution in [2.45, 2.75) is 19.2 Å². The Morgan fingerprint density at radius 1 is 1.18 bits per heavy atom. The molecule has 1 unspecified atom stereocenters. The van der Waals surface area contributed by atoms with Crippen molar-refractivity contribution in [1.29, 1.82) is 0 Å². The summed E-state index contributed by atoms with van der Waals surface area (Å²) in [5.41, 5.74) is 3.69. The molecule has 142 valence electrons. The van der Waals surface area contributed by atoms with Crippen LogP contribution in [0.1, 0.15) is 33.4 Å². The van der Waals surface area contributed by atoms with E-state index in [1.54, 1.807) is 15.6 Å². The van der Waals surface area contributed by atoms with E-state index in [0.29, 0.717) is 30.9 Å². The molecule has 4 heterocycles. The molecule has 0 bridgehead atoms. The van der Waals surface area contributed by atoms with E-state index in [4.69, 9.17) is 0 Å². The predicted octanol–water partition coefficient (Wildman–Crippen LogP) is 1.61. The lowest BCUT2D eigenvalue weighted by molar-refractivity contribution is 0.0707. The summed E-state index contributed by atoms with van der Waals surface area (Å²) in [6.45, 7) is 1.62. The van der Waals surface area contributed by atoms with Gasteiger partial charge in [-0.15, -0.1) is 0 Å². The molecule has 4 aromatic rings. The Kier molecular flexibility index (Phi) is 3.80. The van der Waals surface area contributed by atoms with Crippen LogP contribution in [-0.4, -0.2) is 46.4 Å². The molecule has 0 fully saturated rings. The van der Waals surface area contributed by atoms with Gasteiger partial charge in [0.2, 0.25) is 0 Å². The third-order valence-corrected chi connectivity index (χ3v) is 5.26. The molecule has 8 heteroatoms. The summed E-state index contributed by atoms with van der Waals surface area (Å²) in [6, 6.07) is 11.3. The van der Waals surface area contributed by atoms with Gasteiger partial charge in [0.15, 0.2) is 0 Å². The first-order valence-corrected chi connectivity index (χ1v) is 9.19. The summed E-state index contributed by atoms with van der Waals surface area (Å²) in [6.07, 6.45) is 4.55. The first-order valence-electron chi connectivity index (χ1n) is 9.19. The van der Waals surface area contributed by atoms with E-state index >= 15 is 0 Å². The molecule has 0 saturated carbocycles. The van der Waals surface area contributed by atoms with Crippen molar-refractivity contribution >= 4 is 11.6 Å². The number of amides is 1. The number of hydrogen-bond donors (Lipinski definition) is 1. The highest BCUT2D eigenvalue weighted by Crippen LogP contribution is 2.24. The van der Waals surface area contributed by atoms with Crippen LogP contribution in [0.2, 0.25) is 0 Å². The predicted molar refractivity (Wildman–Crippen MR) is 102 cm³/mol. The smallest absolute Gasteiger partial charge is 0.259 e. The van der Waals surface area contributed by atoms with Crippen LogP contribution < -0.4 is 0 Å². The molecule has 1 amide bonds. The minimum Gasteiger partial charge on any atom is -0.382 e. The summed E-state index contributed by atoms with van der Waals surface area (Å²) in [5.74, 6) is -0.0468. The van der Waals surface area contributed by atoms with Crippen LogP contribution >= 0.6 is 0 Å². The molecule has 1 aromatic carbocycles. The number of fused-ring (bicyclic) bond motifs is 2. The fraction of sp³-hybridized carbons (Fsp3) is 0.250. The van der Waals surface area contributed by atoms with Crippen molar-refractivity contribution in [3.8, 4) is 0 Å².